The van der Waals surface area contributed by atoms with Crippen LogP contribution in [0.2, 0.25) is 0 Å². The average Bonchev–Trinajstić information content (AvgIpc) is 2.24. The molecule has 118 valence electrons. The van der Waals surface area contributed by atoms with E-state index in [1.165, 1.54) is 0 Å². The summed E-state index contributed by atoms with van der Waals surface area (Å²) in [4.78, 5) is 16.9. The van der Waals surface area contributed by atoms with Crippen molar-refractivity contribution in [2.45, 2.75) is 60.4 Å². The Morgan fingerprint density at radius 2 is 1.81 bits per heavy atom. The largest absolute Gasteiger partial charge is 0.370 e. The second-order valence-corrected chi connectivity index (χ2v) is 7.49. The fraction of sp³-hybridized carbons (Fsp3) is 0.647. The molecule has 0 aromatic carbocycles. The number of anilines is 1. The standard InChI is InChI=1S/C17H29N3O/c1-8-18-14-10-13(9-12(2)19-14)15(21)20-17(6,7)11-16(3,4)5/h9-10H,8,11H2,1-7H3,(H,18,19)(H,20,21). The number of carbonyl (C=O) groups is 1. The lowest BCUT2D eigenvalue weighted by Crippen LogP contribution is -2.45. The Labute approximate surface area is 128 Å². The number of pyridine rings is 1. The molecule has 2 N–H and O–H groups in total. The van der Waals surface area contributed by atoms with Gasteiger partial charge in [0, 0.05) is 23.3 Å². The molecule has 21 heavy (non-hydrogen) atoms. The Morgan fingerprint density at radius 1 is 1.19 bits per heavy atom. The smallest absolute Gasteiger partial charge is 0.251 e. The Bertz CT molecular complexity index is 501. The van der Waals surface area contributed by atoms with Crippen molar-refractivity contribution in [3.8, 4) is 0 Å². The van der Waals surface area contributed by atoms with Crippen LogP contribution >= 0.6 is 0 Å². The molecule has 0 fully saturated rings. The topological polar surface area (TPSA) is 54.0 Å². The van der Waals surface area contributed by atoms with Crippen LogP contribution < -0.4 is 10.6 Å². The van der Waals surface area contributed by atoms with Crippen LogP contribution in [0.25, 0.3) is 0 Å². The summed E-state index contributed by atoms with van der Waals surface area (Å²) < 4.78 is 0. The van der Waals surface area contributed by atoms with Gasteiger partial charge in [-0.25, -0.2) is 4.98 Å². The first kappa shape index (κ1) is 17.5. The molecule has 0 atom stereocenters. The maximum Gasteiger partial charge on any atom is 0.251 e. The molecule has 0 bridgehead atoms. The van der Waals surface area contributed by atoms with E-state index in [9.17, 15) is 4.79 Å². The van der Waals surface area contributed by atoms with Gasteiger partial charge in [-0.15, -0.1) is 0 Å². The Kier molecular flexibility index (Phi) is 5.37. The molecule has 0 spiro atoms. The molecule has 0 aliphatic rings. The van der Waals surface area contributed by atoms with Crippen molar-refractivity contribution >= 4 is 11.7 Å². The van der Waals surface area contributed by atoms with Gasteiger partial charge in [-0.05, 0) is 51.7 Å². The van der Waals surface area contributed by atoms with Crippen LogP contribution in [0.4, 0.5) is 5.82 Å². The zero-order chi connectivity index (χ0) is 16.3. The van der Waals surface area contributed by atoms with E-state index in [4.69, 9.17) is 0 Å². The van der Waals surface area contributed by atoms with Crippen molar-refractivity contribution in [3.05, 3.63) is 23.4 Å². The van der Waals surface area contributed by atoms with E-state index in [1.807, 2.05) is 19.9 Å². The monoisotopic (exact) mass is 291 g/mol. The number of aromatic nitrogens is 1. The number of hydrogen-bond acceptors (Lipinski definition) is 3. The van der Waals surface area contributed by atoms with Gasteiger partial charge >= 0.3 is 0 Å². The molecular formula is C17H29N3O. The molecule has 1 aromatic heterocycles. The highest BCUT2D eigenvalue weighted by atomic mass is 16.1. The quantitative estimate of drug-likeness (QED) is 0.868. The maximum atomic E-state index is 12.5. The number of amides is 1. The number of aryl methyl sites for hydroxylation is 1. The predicted octanol–water partition coefficient (Wildman–Crippen LogP) is 3.77. The molecule has 4 nitrogen and oxygen atoms in total. The van der Waals surface area contributed by atoms with E-state index < -0.39 is 0 Å². The lowest BCUT2D eigenvalue weighted by Gasteiger charge is -2.33. The predicted molar refractivity (Wildman–Crippen MR) is 88.8 cm³/mol. The number of nitrogens with one attached hydrogen (secondary N) is 2. The zero-order valence-corrected chi connectivity index (χ0v) is 14.4. The van der Waals surface area contributed by atoms with Crippen molar-refractivity contribution in [2.24, 2.45) is 5.41 Å². The zero-order valence-electron chi connectivity index (χ0n) is 14.4. The van der Waals surface area contributed by atoms with E-state index in [0.717, 1.165) is 24.5 Å². The van der Waals surface area contributed by atoms with Crippen LogP contribution in [0.3, 0.4) is 0 Å². The Morgan fingerprint density at radius 3 is 2.33 bits per heavy atom. The lowest BCUT2D eigenvalue weighted by atomic mass is 9.81. The Balaban J connectivity index is 2.89. The highest BCUT2D eigenvalue weighted by Crippen LogP contribution is 2.27. The molecule has 0 aliphatic heterocycles. The SMILES string of the molecule is CCNc1cc(C(=O)NC(C)(C)CC(C)(C)C)cc(C)n1. The highest BCUT2D eigenvalue weighted by Gasteiger charge is 2.27. The molecule has 0 radical (unpaired) electrons. The molecule has 0 unspecified atom stereocenters. The second kappa shape index (κ2) is 6.46. The van der Waals surface area contributed by atoms with Crippen molar-refractivity contribution in [1.29, 1.82) is 0 Å². The summed E-state index contributed by atoms with van der Waals surface area (Å²) in [6.45, 7) is 15.4. The van der Waals surface area contributed by atoms with Crippen molar-refractivity contribution in [1.82, 2.24) is 10.3 Å². The van der Waals surface area contributed by atoms with Crippen molar-refractivity contribution in [3.63, 3.8) is 0 Å². The normalized spacial score (nSPS) is 12.1. The lowest BCUT2D eigenvalue weighted by molar-refractivity contribution is 0.0891. The number of hydrogen-bond donors (Lipinski definition) is 2. The minimum Gasteiger partial charge on any atom is -0.370 e. The summed E-state index contributed by atoms with van der Waals surface area (Å²) in [7, 11) is 0. The first-order valence-corrected chi connectivity index (χ1v) is 7.57. The first-order valence-electron chi connectivity index (χ1n) is 7.57. The molecular weight excluding hydrogens is 262 g/mol. The maximum absolute atomic E-state index is 12.5. The van der Waals surface area contributed by atoms with Gasteiger partial charge in [0.2, 0.25) is 0 Å². The van der Waals surface area contributed by atoms with Gasteiger partial charge < -0.3 is 10.6 Å². The summed E-state index contributed by atoms with van der Waals surface area (Å²) >= 11 is 0. The van der Waals surface area contributed by atoms with Crippen molar-refractivity contribution in [2.75, 3.05) is 11.9 Å². The van der Waals surface area contributed by atoms with Crippen LogP contribution in [0, 0.1) is 12.3 Å². The van der Waals surface area contributed by atoms with E-state index in [-0.39, 0.29) is 16.9 Å². The van der Waals surface area contributed by atoms with Crippen LogP contribution in [0.5, 0.6) is 0 Å². The van der Waals surface area contributed by atoms with Gasteiger partial charge in [-0.3, -0.25) is 4.79 Å². The third kappa shape index (κ3) is 6.15. The van der Waals surface area contributed by atoms with Crippen LogP contribution in [0.15, 0.2) is 12.1 Å². The van der Waals surface area contributed by atoms with Gasteiger partial charge in [0.15, 0.2) is 0 Å². The highest BCUT2D eigenvalue weighted by molar-refractivity contribution is 5.95. The molecule has 4 heteroatoms. The minimum absolute atomic E-state index is 0.0473. The van der Waals surface area contributed by atoms with E-state index in [0.29, 0.717) is 5.56 Å². The third-order valence-electron chi connectivity index (χ3n) is 3.00. The fourth-order valence-corrected chi connectivity index (χ4v) is 2.82. The van der Waals surface area contributed by atoms with Gasteiger partial charge in [0.1, 0.15) is 5.82 Å². The van der Waals surface area contributed by atoms with Gasteiger partial charge in [-0.1, -0.05) is 20.8 Å². The van der Waals surface area contributed by atoms with Crippen LogP contribution in [0.1, 0.15) is 64.0 Å². The van der Waals surface area contributed by atoms with E-state index in [2.05, 4.69) is 50.2 Å². The van der Waals surface area contributed by atoms with Gasteiger partial charge in [0.25, 0.3) is 5.91 Å². The van der Waals surface area contributed by atoms with Gasteiger partial charge in [-0.2, -0.15) is 0 Å². The summed E-state index contributed by atoms with van der Waals surface area (Å²) in [6.07, 6.45) is 0.913. The fourth-order valence-electron chi connectivity index (χ4n) is 2.82. The minimum atomic E-state index is -0.245. The van der Waals surface area contributed by atoms with Crippen LogP contribution in [-0.4, -0.2) is 23.0 Å². The number of carbonyl (C=O) groups excluding carboxylic acids is 1. The number of rotatable bonds is 5. The van der Waals surface area contributed by atoms with Crippen LogP contribution in [-0.2, 0) is 0 Å². The molecule has 1 rings (SSSR count). The summed E-state index contributed by atoms with van der Waals surface area (Å²) in [5.41, 5.74) is 1.41. The second-order valence-electron chi connectivity index (χ2n) is 7.49. The first-order chi connectivity index (χ1) is 9.52. The summed E-state index contributed by atoms with van der Waals surface area (Å²) in [5.74, 6) is 0.699. The molecule has 1 aromatic rings. The molecule has 1 amide bonds. The third-order valence-corrected chi connectivity index (χ3v) is 3.00. The summed E-state index contributed by atoms with van der Waals surface area (Å²) in [5, 5.41) is 6.28. The van der Waals surface area contributed by atoms with Gasteiger partial charge in [0.05, 0.1) is 0 Å². The molecule has 0 saturated carbocycles. The summed E-state index contributed by atoms with van der Waals surface area (Å²) in [6, 6.07) is 3.63. The molecule has 0 saturated heterocycles. The average molecular weight is 291 g/mol. The molecule has 0 aliphatic carbocycles. The van der Waals surface area contributed by atoms with Crippen molar-refractivity contribution < 1.29 is 4.79 Å². The van der Waals surface area contributed by atoms with E-state index in [1.54, 1.807) is 6.07 Å². The Hall–Kier alpha value is -1.58. The van der Waals surface area contributed by atoms with E-state index >= 15 is 0 Å². The number of nitrogens with zero attached hydrogens (tertiary/aromatic N) is 1. The molecule has 1 heterocycles.